The van der Waals surface area contributed by atoms with E-state index in [1.165, 1.54) is 0 Å². The molecule has 5 heteroatoms. The predicted molar refractivity (Wildman–Crippen MR) is 106 cm³/mol. The van der Waals surface area contributed by atoms with E-state index in [4.69, 9.17) is 9.47 Å². The zero-order chi connectivity index (χ0) is 18.9. The zero-order valence-corrected chi connectivity index (χ0v) is 15.9. The Hall–Kier alpha value is -2.37. The number of para-hydroxylation sites is 1. The summed E-state index contributed by atoms with van der Waals surface area (Å²) in [5.74, 6) is 1.66. The largest absolute Gasteiger partial charge is 0.457 e. The number of nitrogens with zero attached hydrogens (tertiary/aromatic N) is 1. The predicted octanol–water partition coefficient (Wildman–Crippen LogP) is 3.60. The Balaban J connectivity index is 1.42. The molecule has 1 aliphatic rings. The molecule has 3 rings (SSSR count). The first-order valence-corrected chi connectivity index (χ1v) is 9.61. The van der Waals surface area contributed by atoms with Crippen molar-refractivity contribution in [3.63, 3.8) is 0 Å². The van der Waals surface area contributed by atoms with E-state index in [2.05, 4.69) is 17.1 Å². The van der Waals surface area contributed by atoms with Crippen LogP contribution in [-0.2, 0) is 16.1 Å². The lowest BCUT2D eigenvalue weighted by atomic mass is 10.1. The lowest BCUT2D eigenvalue weighted by molar-refractivity contribution is -0.121. The van der Waals surface area contributed by atoms with Gasteiger partial charge in [-0.25, -0.2) is 0 Å². The van der Waals surface area contributed by atoms with Gasteiger partial charge in [-0.1, -0.05) is 30.3 Å². The Kier molecular flexibility index (Phi) is 7.25. The molecule has 27 heavy (non-hydrogen) atoms. The molecule has 0 aromatic heterocycles. The Labute approximate surface area is 161 Å². The molecule has 5 nitrogen and oxygen atoms in total. The number of hydrogen-bond acceptors (Lipinski definition) is 4. The number of benzene rings is 2. The monoisotopic (exact) mass is 368 g/mol. The molecular formula is C22H28N2O3. The number of carbonyl (C=O) groups excluding carboxylic acids is 1. The third kappa shape index (κ3) is 6.38. The molecule has 0 bridgehead atoms. The third-order valence-electron chi connectivity index (χ3n) is 4.83. The van der Waals surface area contributed by atoms with Crippen LogP contribution in [0.5, 0.6) is 11.5 Å². The fraction of sp³-hybridized carbons (Fsp3) is 0.409. The third-order valence-corrected chi connectivity index (χ3v) is 4.83. The van der Waals surface area contributed by atoms with Gasteiger partial charge in [0.25, 0.3) is 0 Å². The maximum atomic E-state index is 12.2. The van der Waals surface area contributed by atoms with Crippen LogP contribution in [0.4, 0.5) is 0 Å². The molecule has 1 saturated heterocycles. The van der Waals surface area contributed by atoms with Gasteiger partial charge in [-0.2, -0.15) is 0 Å². The molecular weight excluding hydrogens is 340 g/mol. The molecule has 0 unspecified atom stereocenters. The van der Waals surface area contributed by atoms with E-state index in [1.807, 2.05) is 54.6 Å². The van der Waals surface area contributed by atoms with Crippen molar-refractivity contribution in [3.8, 4) is 11.5 Å². The second-order valence-electron chi connectivity index (χ2n) is 6.88. The number of hydrogen-bond donors (Lipinski definition) is 1. The summed E-state index contributed by atoms with van der Waals surface area (Å²) in [7, 11) is 0. The van der Waals surface area contributed by atoms with E-state index >= 15 is 0 Å². The normalized spacial score (nSPS) is 15.9. The molecule has 1 aliphatic heterocycles. The van der Waals surface area contributed by atoms with Gasteiger partial charge in [-0.3, -0.25) is 9.69 Å². The molecule has 0 spiro atoms. The van der Waals surface area contributed by atoms with E-state index in [9.17, 15) is 4.79 Å². The van der Waals surface area contributed by atoms with Gasteiger partial charge in [-0.15, -0.1) is 0 Å². The Bertz CT molecular complexity index is 715. The summed E-state index contributed by atoms with van der Waals surface area (Å²) in [4.78, 5) is 14.6. The molecule has 1 fully saturated rings. The molecule has 0 saturated carbocycles. The highest BCUT2D eigenvalue weighted by Gasteiger charge is 2.17. The Morgan fingerprint density at radius 3 is 2.63 bits per heavy atom. The highest BCUT2D eigenvalue weighted by molar-refractivity contribution is 5.75. The summed E-state index contributed by atoms with van der Waals surface area (Å²) >= 11 is 0. The average Bonchev–Trinajstić information content (AvgIpc) is 2.72. The van der Waals surface area contributed by atoms with Crippen LogP contribution in [0.2, 0.25) is 0 Å². The highest BCUT2D eigenvalue weighted by Crippen LogP contribution is 2.21. The number of ether oxygens (including phenoxy) is 2. The molecule has 2 aromatic carbocycles. The maximum absolute atomic E-state index is 12.2. The minimum atomic E-state index is 0.0875. The quantitative estimate of drug-likeness (QED) is 0.774. The SMILES string of the molecule is C[C@H](CCC(=O)NCc1cccc(Oc2ccccc2)c1)N1CCOCC1. The van der Waals surface area contributed by atoms with E-state index in [0.29, 0.717) is 19.0 Å². The van der Waals surface area contributed by atoms with Crippen molar-refractivity contribution in [2.75, 3.05) is 26.3 Å². The summed E-state index contributed by atoms with van der Waals surface area (Å²) in [6, 6.07) is 17.9. The van der Waals surface area contributed by atoms with Gasteiger partial charge < -0.3 is 14.8 Å². The summed E-state index contributed by atoms with van der Waals surface area (Å²) in [6.07, 6.45) is 1.40. The number of rotatable bonds is 8. The molecule has 1 heterocycles. The van der Waals surface area contributed by atoms with Crippen LogP contribution in [0.25, 0.3) is 0 Å². The lowest BCUT2D eigenvalue weighted by Gasteiger charge is -2.32. The second kappa shape index (κ2) is 10.1. The van der Waals surface area contributed by atoms with Gasteiger partial charge in [0.15, 0.2) is 0 Å². The van der Waals surface area contributed by atoms with Crippen molar-refractivity contribution in [1.82, 2.24) is 10.2 Å². The summed E-state index contributed by atoms with van der Waals surface area (Å²) in [5.41, 5.74) is 1.03. The fourth-order valence-corrected chi connectivity index (χ4v) is 3.17. The molecule has 2 aromatic rings. The van der Waals surface area contributed by atoms with Gasteiger partial charge in [0.1, 0.15) is 11.5 Å². The standard InChI is InChI=1S/C22H28N2O3/c1-18(24-12-14-26-15-13-24)10-11-22(25)23-17-19-6-5-9-21(16-19)27-20-7-3-2-4-8-20/h2-9,16,18H,10-15,17H2,1H3,(H,23,25)/t18-/m1/s1. The molecule has 1 amide bonds. The molecule has 1 N–H and O–H groups in total. The van der Waals surface area contributed by atoms with Gasteiger partial charge in [-0.05, 0) is 43.2 Å². The van der Waals surface area contributed by atoms with E-state index in [1.54, 1.807) is 0 Å². The topological polar surface area (TPSA) is 50.8 Å². The van der Waals surface area contributed by atoms with Crippen LogP contribution in [0.15, 0.2) is 54.6 Å². The van der Waals surface area contributed by atoms with Crippen LogP contribution < -0.4 is 10.1 Å². The number of nitrogens with one attached hydrogen (secondary N) is 1. The lowest BCUT2D eigenvalue weighted by Crippen LogP contribution is -2.42. The van der Waals surface area contributed by atoms with Crippen LogP contribution >= 0.6 is 0 Å². The Morgan fingerprint density at radius 2 is 1.85 bits per heavy atom. The minimum Gasteiger partial charge on any atom is -0.457 e. The van der Waals surface area contributed by atoms with E-state index in [0.717, 1.165) is 49.8 Å². The van der Waals surface area contributed by atoms with E-state index in [-0.39, 0.29) is 5.91 Å². The molecule has 0 radical (unpaired) electrons. The van der Waals surface area contributed by atoms with Gasteiger partial charge >= 0.3 is 0 Å². The number of amides is 1. The van der Waals surface area contributed by atoms with Crippen molar-refractivity contribution >= 4 is 5.91 Å². The minimum absolute atomic E-state index is 0.0875. The summed E-state index contributed by atoms with van der Waals surface area (Å²) in [5, 5.41) is 3.01. The van der Waals surface area contributed by atoms with Crippen molar-refractivity contribution < 1.29 is 14.3 Å². The maximum Gasteiger partial charge on any atom is 0.220 e. The van der Waals surface area contributed by atoms with Gasteiger partial charge in [0.2, 0.25) is 5.91 Å². The van der Waals surface area contributed by atoms with Gasteiger partial charge in [0, 0.05) is 32.1 Å². The smallest absolute Gasteiger partial charge is 0.220 e. The molecule has 0 aliphatic carbocycles. The first-order valence-electron chi connectivity index (χ1n) is 9.61. The molecule has 1 atom stereocenters. The van der Waals surface area contributed by atoms with E-state index < -0.39 is 0 Å². The number of morpholine rings is 1. The van der Waals surface area contributed by atoms with Crippen LogP contribution in [-0.4, -0.2) is 43.2 Å². The summed E-state index contributed by atoms with van der Waals surface area (Å²) < 4.78 is 11.2. The van der Waals surface area contributed by atoms with Crippen LogP contribution in [0.3, 0.4) is 0 Å². The fourth-order valence-electron chi connectivity index (χ4n) is 3.17. The van der Waals surface area contributed by atoms with Gasteiger partial charge in [0.05, 0.1) is 13.2 Å². The Morgan fingerprint density at radius 1 is 1.11 bits per heavy atom. The zero-order valence-electron chi connectivity index (χ0n) is 15.9. The van der Waals surface area contributed by atoms with Crippen LogP contribution in [0.1, 0.15) is 25.3 Å². The van der Waals surface area contributed by atoms with Crippen molar-refractivity contribution in [3.05, 3.63) is 60.2 Å². The van der Waals surface area contributed by atoms with Crippen LogP contribution in [0, 0.1) is 0 Å². The van der Waals surface area contributed by atoms with Crippen molar-refractivity contribution in [2.24, 2.45) is 0 Å². The van der Waals surface area contributed by atoms with Crippen molar-refractivity contribution in [1.29, 1.82) is 0 Å². The average molecular weight is 368 g/mol. The number of carbonyl (C=O) groups is 1. The molecule has 144 valence electrons. The highest BCUT2D eigenvalue weighted by atomic mass is 16.5. The first kappa shape index (κ1) is 19.4. The van der Waals surface area contributed by atoms with Crippen molar-refractivity contribution in [2.45, 2.75) is 32.4 Å². The summed E-state index contributed by atoms with van der Waals surface area (Å²) in [6.45, 7) is 6.18. The second-order valence-corrected chi connectivity index (χ2v) is 6.88. The first-order chi connectivity index (χ1) is 13.2.